The first-order valence-corrected chi connectivity index (χ1v) is 22.7. The zero-order chi connectivity index (χ0) is 42.0. The van der Waals surface area contributed by atoms with Gasteiger partial charge in [-0.1, -0.05) is 134 Å². The first-order valence-electron chi connectivity index (χ1n) is 22.7. The third kappa shape index (κ3) is 24.4. The molecule has 1 aliphatic carbocycles. The average Bonchev–Trinajstić information content (AvgIpc) is 3.26. The highest BCUT2D eigenvalue weighted by Gasteiger charge is 2.22. The van der Waals surface area contributed by atoms with Gasteiger partial charge in [0.2, 0.25) is 0 Å². The van der Waals surface area contributed by atoms with Gasteiger partial charge in [0.25, 0.3) is 0 Å². The van der Waals surface area contributed by atoms with E-state index in [1.54, 1.807) is 12.1 Å². The van der Waals surface area contributed by atoms with Crippen LogP contribution >= 0.6 is 0 Å². The van der Waals surface area contributed by atoms with Crippen molar-refractivity contribution in [1.82, 2.24) is 0 Å². The van der Waals surface area contributed by atoms with E-state index in [9.17, 15) is 14.4 Å². The van der Waals surface area contributed by atoms with Gasteiger partial charge in [0.05, 0.1) is 25.9 Å². The van der Waals surface area contributed by atoms with Crippen LogP contribution < -0.4 is 9.47 Å². The summed E-state index contributed by atoms with van der Waals surface area (Å²) >= 11 is 0. The molecule has 0 amide bonds. The van der Waals surface area contributed by atoms with Gasteiger partial charge in [0.15, 0.2) is 0 Å². The Morgan fingerprint density at radius 1 is 0.525 bits per heavy atom. The van der Waals surface area contributed by atoms with Crippen molar-refractivity contribution >= 4 is 17.9 Å². The molecule has 1 fully saturated rings. The highest BCUT2D eigenvalue weighted by atomic mass is 16.5. The summed E-state index contributed by atoms with van der Waals surface area (Å²) in [7, 11) is 0. The van der Waals surface area contributed by atoms with E-state index in [0.717, 1.165) is 88.5 Å². The van der Waals surface area contributed by atoms with E-state index in [0.29, 0.717) is 37.6 Å². The van der Waals surface area contributed by atoms with Crippen molar-refractivity contribution in [2.45, 2.75) is 166 Å². The summed E-state index contributed by atoms with van der Waals surface area (Å²) < 4.78 is 27.6. The van der Waals surface area contributed by atoms with Crippen molar-refractivity contribution in [3.63, 3.8) is 0 Å². The molecular formula is C51H72O8. The van der Waals surface area contributed by atoms with Gasteiger partial charge in [-0.25, -0.2) is 14.4 Å². The quantitative estimate of drug-likeness (QED) is 0.0237. The van der Waals surface area contributed by atoms with Crippen molar-refractivity contribution in [3.8, 4) is 23.3 Å². The summed E-state index contributed by atoms with van der Waals surface area (Å²) in [5, 5.41) is 0. The van der Waals surface area contributed by atoms with Crippen molar-refractivity contribution in [3.05, 3.63) is 85.0 Å². The van der Waals surface area contributed by atoms with Gasteiger partial charge >= 0.3 is 17.9 Å². The molecule has 0 aromatic heterocycles. The molecule has 8 heteroatoms. The Morgan fingerprint density at radius 3 is 1.42 bits per heavy atom. The van der Waals surface area contributed by atoms with Crippen LogP contribution in [0, 0.1) is 11.8 Å². The predicted octanol–water partition coefficient (Wildman–Crippen LogP) is 12.3. The molecule has 0 heterocycles. The lowest BCUT2D eigenvalue weighted by Gasteiger charge is -2.29. The van der Waals surface area contributed by atoms with Gasteiger partial charge in [-0.05, 0) is 99.2 Å². The topological polar surface area (TPSA) is 97.4 Å². The normalized spacial score (nSPS) is 14.7. The summed E-state index contributed by atoms with van der Waals surface area (Å²) in [6, 6.07) is 15.4. The third-order valence-electron chi connectivity index (χ3n) is 10.9. The first-order chi connectivity index (χ1) is 29.0. The van der Waals surface area contributed by atoms with Crippen LogP contribution in [0.15, 0.2) is 73.8 Å². The molecule has 0 atom stereocenters. The first kappa shape index (κ1) is 49.0. The van der Waals surface area contributed by atoms with Gasteiger partial charge in [-0.2, -0.15) is 0 Å². The molecule has 2 aromatic carbocycles. The minimum Gasteiger partial charge on any atom is -0.494 e. The number of ether oxygens (including phenoxy) is 5. The summed E-state index contributed by atoms with van der Waals surface area (Å²) in [5.74, 6) is 6.06. The van der Waals surface area contributed by atoms with E-state index in [1.165, 1.54) is 101 Å². The second-order valence-electron chi connectivity index (χ2n) is 15.7. The Labute approximate surface area is 355 Å². The monoisotopic (exact) mass is 813 g/mol. The Morgan fingerprint density at radius 2 is 0.949 bits per heavy atom. The van der Waals surface area contributed by atoms with Crippen LogP contribution in [0.1, 0.15) is 171 Å². The van der Waals surface area contributed by atoms with E-state index in [4.69, 9.17) is 23.7 Å². The summed E-state index contributed by atoms with van der Waals surface area (Å²) in [4.78, 5) is 34.4. The molecule has 1 aliphatic rings. The third-order valence-corrected chi connectivity index (χ3v) is 10.9. The molecule has 1 saturated carbocycles. The van der Waals surface area contributed by atoms with Crippen LogP contribution in [-0.2, 0) is 28.6 Å². The van der Waals surface area contributed by atoms with E-state index in [1.807, 2.05) is 24.3 Å². The lowest BCUT2D eigenvalue weighted by molar-refractivity contribution is -0.138. The highest BCUT2D eigenvalue weighted by Crippen LogP contribution is 2.34. The van der Waals surface area contributed by atoms with Crippen LogP contribution in [0.25, 0.3) is 0 Å². The lowest BCUT2D eigenvalue weighted by atomic mass is 9.82. The second kappa shape index (κ2) is 32.5. The Kier molecular flexibility index (Phi) is 27.0. The van der Waals surface area contributed by atoms with Crippen LogP contribution in [-0.4, -0.2) is 50.4 Å². The maximum atomic E-state index is 12.4. The minimum atomic E-state index is -0.585. The number of hydrogen-bond acceptors (Lipinski definition) is 8. The smallest absolute Gasteiger partial charge is 0.390 e. The van der Waals surface area contributed by atoms with E-state index in [2.05, 4.69) is 37.1 Å². The fraction of sp³-hybridized carbons (Fsp3) is 0.588. The summed E-state index contributed by atoms with van der Waals surface area (Å²) in [6.45, 7) is 9.33. The van der Waals surface area contributed by atoms with Crippen molar-refractivity contribution in [2.75, 3.05) is 26.4 Å². The zero-order valence-corrected chi connectivity index (χ0v) is 35.9. The van der Waals surface area contributed by atoms with Crippen molar-refractivity contribution in [2.24, 2.45) is 0 Å². The predicted molar refractivity (Wildman–Crippen MR) is 236 cm³/mol. The standard InChI is InChI=1S/C51H72O8/c1-3-49(52)57-41-23-19-15-11-7-5-9-13-17-21-39-55-46-32-30-45(31-33-46)44-28-25-43(26-29-44)27-38-51(54)59-48-36-34-47(35-37-48)56-40-22-18-14-10-6-8-12-16-20-24-42-58-50(53)4-2/h3-4,25-26,28-29,34-37,45-46H,1-2,5-24,30-33,39-42H2. The molecule has 8 nitrogen and oxygen atoms in total. The maximum absolute atomic E-state index is 12.4. The number of esters is 3. The molecule has 2 aromatic rings. The van der Waals surface area contributed by atoms with Crippen LogP contribution in [0.4, 0.5) is 0 Å². The number of benzene rings is 2. The molecule has 0 N–H and O–H groups in total. The number of carbonyl (C=O) groups is 3. The largest absolute Gasteiger partial charge is 0.494 e. The summed E-state index contributed by atoms with van der Waals surface area (Å²) in [5.41, 5.74) is 2.12. The van der Waals surface area contributed by atoms with Gasteiger partial charge in [0.1, 0.15) is 11.5 Å². The van der Waals surface area contributed by atoms with Gasteiger partial charge in [-0.3, -0.25) is 0 Å². The Hall–Kier alpha value is -4.35. The second-order valence-corrected chi connectivity index (χ2v) is 15.7. The van der Waals surface area contributed by atoms with Gasteiger partial charge in [0, 0.05) is 30.2 Å². The number of carbonyl (C=O) groups excluding carboxylic acids is 3. The molecule has 59 heavy (non-hydrogen) atoms. The fourth-order valence-corrected chi connectivity index (χ4v) is 7.40. The fourth-order valence-electron chi connectivity index (χ4n) is 7.40. The van der Waals surface area contributed by atoms with Crippen LogP contribution in [0.2, 0.25) is 0 Å². The highest BCUT2D eigenvalue weighted by molar-refractivity contribution is 5.90. The molecule has 0 unspecified atom stereocenters. The SMILES string of the molecule is C=CC(=O)OCCCCCCCCCCCCOc1ccc(OC(=O)C#Cc2ccc(C3CCC(OCCCCCCCCCCCCOC(=O)C=C)CC3)cc2)cc1. The molecule has 3 rings (SSSR count). The number of rotatable bonds is 32. The zero-order valence-electron chi connectivity index (χ0n) is 35.9. The van der Waals surface area contributed by atoms with E-state index >= 15 is 0 Å². The van der Waals surface area contributed by atoms with Gasteiger partial charge < -0.3 is 23.7 Å². The molecule has 0 spiro atoms. The molecule has 0 aliphatic heterocycles. The van der Waals surface area contributed by atoms with Crippen LogP contribution in [0.3, 0.4) is 0 Å². The number of unbranched alkanes of at least 4 members (excludes halogenated alkanes) is 18. The number of hydrogen-bond donors (Lipinski definition) is 0. The average molecular weight is 813 g/mol. The lowest BCUT2D eigenvalue weighted by Crippen LogP contribution is -2.21. The van der Waals surface area contributed by atoms with Crippen molar-refractivity contribution in [1.29, 1.82) is 0 Å². The Bertz CT molecular complexity index is 1510. The molecule has 0 saturated heterocycles. The van der Waals surface area contributed by atoms with Crippen LogP contribution in [0.5, 0.6) is 11.5 Å². The molecular weight excluding hydrogens is 741 g/mol. The minimum absolute atomic E-state index is 0.327. The van der Waals surface area contributed by atoms with Crippen molar-refractivity contribution < 1.29 is 38.1 Å². The van der Waals surface area contributed by atoms with E-state index in [-0.39, 0.29) is 11.9 Å². The Balaban J connectivity index is 1.15. The maximum Gasteiger partial charge on any atom is 0.390 e. The molecule has 0 bridgehead atoms. The summed E-state index contributed by atoms with van der Waals surface area (Å²) in [6.07, 6.45) is 30.9. The molecule has 324 valence electrons. The van der Waals surface area contributed by atoms with E-state index < -0.39 is 5.97 Å². The van der Waals surface area contributed by atoms with Gasteiger partial charge in [-0.15, -0.1) is 0 Å². The molecule has 0 radical (unpaired) electrons.